The van der Waals surface area contributed by atoms with Crippen LogP contribution in [-0.4, -0.2) is 87.2 Å². The second-order valence-corrected chi connectivity index (χ2v) is 7.67. The Morgan fingerprint density at radius 1 is 0.828 bits per heavy atom. The number of likely N-dealkylation sites (N-methyl/N-ethyl adjacent to an activating group) is 1. The molecule has 4 rings (SSSR count). The first-order chi connectivity index (χ1) is 14.1. The highest BCUT2D eigenvalue weighted by Gasteiger charge is 2.23. The summed E-state index contributed by atoms with van der Waals surface area (Å²) in [7, 11) is 3.82. The molecule has 7 nitrogen and oxygen atoms in total. The molecule has 0 radical (unpaired) electrons. The van der Waals surface area contributed by atoms with Gasteiger partial charge in [0.1, 0.15) is 11.4 Å². The predicted molar refractivity (Wildman–Crippen MR) is 115 cm³/mol. The Labute approximate surface area is 172 Å². The van der Waals surface area contributed by atoms with Crippen LogP contribution in [0.3, 0.4) is 0 Å². The average molecular weight is 396 g/mol. The number of anilines is 2. The Morgan fingerprint density at radius 3 is 2.00 bits per heavy atom. The van der Waals surface area contributed by atoms with Gasteiger partial charge in [-0.25, -0.2) is 4.98 Å². The Morgan fingerprint density at radius 2 is 1.41 bits per heavy atom. The lowest BCUT2D eigenvalue weighted by Crippen LogP contribution is -2.49. The zero-order chi connectivity index (χ0) is 20.2. The van der Waals surface area contributed by atoms with Gasteiger partial charge in [0.15, 0.2) is 0 Å². The van der Waals surface area contributed by atoms with E-state index in [0.29, 0.717) is 18.8 Å². The van der Waals surface area contributed by atoms with Crippen LogP contribution >= 0.6 is 0 Å². The van der Waals surface area contributed by atoms with Crippen LogP contribution in [0.2, 0.25) is 0 Å². The lowest BCUT2D eigenvalue weighted by atomic mass is 10.2. The number of pyridine rings is 1. The third-order valence-electron chi connectivity index (χ3n) is 5.84. The highest BCUT2D eigenvalue weighted by atomic mass is 16.5. The molecule has 29 heavy (non-hydrogen) atoms. The van der Waals surface area contributed by atoms with Crippen LogP contribution in [0.15, 0.2) is 42.6 Å². The summed E-state index contributed by atoms with van der Waals surface area (Å²) in [6, 6.07) is 12.0. The van der Waals surface area contributed by atoms with Crippen molar-refractivity contribution in [2.24, 2.45) is 0 Å². The van der Waals surface area contributed by atoms with Gasteiger partial charge in [0.25, 0.3) is 5.91 Å². The monoisotopic (exact) mass is 395 g/mol. The fraction of sp³-hybridized carbons (Fsp3) is 0.455. The van der Waals surface area contributed by atoms with Gasteiger partial charge in [-0.1, -0.05) is 0 Å². The van der Waals surface area contributed by atoms with E-state index in [1.165, 1.54) is 0 Å². The molecule has 0 saturated carbocycles. The van der Waals surface area contributed by atoms with Crippen LogP contribution in [0.5, 0.6) is 5.75 Å². The Balaban J connectivity index is 1.33. The van der Waals surface area contributed by atoms with Gasteiger partial charge < -0.3 is 24.3 Å². The van der Waals surface area contributed by atoms with Crippen molar-refractivity contribution >= 4 is 17.3 Å². The average Bonchev–Trinajstić information content (AvgIpc) is 2.79. The second kappa shape index (κ2) is 8.69. The standard InChI is InChI=1S/C22H29N5O2/c1-24-9-11-26(12-10-24)19-5-8-21(23-17-19)22(28)27-15-13-25(14-16-27)18-3-6-20(29-2)7-4-18/h3-8,17H,9-16H2,1-2H3. The number of amides is 1. The molecule has 2 aliphatic heterocycles. The van der Waals surface area contributed by atoms with E-state index in [2.05, 4.69) is 38.9 Å². The van der Waals surface area contributed by atoms with Crippen molar-refractivity contribution in [3.05, 3.63) is 48.3 Å². The maximum absolute atomic E-state index is 12.9. The molecule has 3 heterocycles. The molecule has 0 aliphatic carbocycles. The number of rotatable bonds is 4. The molecule has 0 spiro atoms. The summed E-state index contributed by atoms with van der Waals surface area (Å²) in [6.07, 6.45) is 1.84. The molecule has 0 atom stereocenters. The molecule has 0 unspecified atom stereocenters. The zero-order valence-corrected chi connectivity index (χ0v) is 17.3. The summed E-state index contributed by atoms with van der Waals surface area (Å²) in [5.41, 5.74) is 2.78. The van der Waals surface area contributed by atoms with E-state index < -0.39 is 0 Å². The van der Waals surface area contributed by atoms with E-state index in [0.717, 1.165) is 56.4 Å². The first kappa shape index (κ1) is 19.5. The van der Waals surface area contributed by atoms with Gasteiger partial charge in [-0.05, 0) is 43.4 Å². The lowest BCUT2D eigenvalue weighted by molar-refractivity contribution is 0.0741. The maximum Gasteiger partial charge on any atom is 0.272 e. The normalized spacial score (nSPS) is 18.1. The van der Waals surface area contributed by atoms with Gasteiger partial charge in [-0.2, -0.15) is 0 Å². The van der Waals surface area contributed by atoms with Gasteiger partial charge >= 0.3 is 0 Å². The third-order valence-corrected chi connectivity index (χ3v) is 5.84. The molecular weight excluding hydrogens is 366 g/mol. The number of aromatic nitrogens is 1. The minimum Gasteiger partial charge on any atom is -0.497 e. The third kappa shape index (κ3) is 4.45. The number of carbonyl (C=O) groups excluding carboxylic acids is 1. The van der Waals surface area contributed by atoms with Crippen LogP contribution in [0, 0.1) is 0 Å². The van der Waals surface area contributed by atoms with E-state index in [9.17, 15) is 4.79 Å². The molecule has 2 fully saturated rings. The molecule has 7 heteroatoms. The van der Waals surface area contributed by atoms with E-state index in [1.54, 1.807) is 7.11 Å². The van der Waals surface area contributed by atoms with Crippen LogP contribution in [0.1, 0.15) is 10.5 Å². The minimum absolute atomic E-state index is 0.0179. The Bertz CT molecular complexity index is 808. The van der Waals surface area contributed by atoms with Crippen molar-refractivity contribution in [1.29, 1.82) is 0 Å². The van der Waals surface area contributed by atoms with Gasteiger partial charge in [0.05, 0.1) is 19.0 Å². The van der Waals surface area contributed by atoms with Crippen LogP contribution in [0.4, 0.5) is 11.4 Å². The molecule has 0 N–H and O–H groups in total. The number of hydrogen-bond acceptors (Lipinski definition) is 6. The summed E-state index contributed by atoms with van der Waals surface area (Å²) >= 11 is 0. The summed E-state index contributed by atoms with van der Waals surface area (Å²) in [6.45, 7) is 7.14. The molecule has 2 aromatic rings. The van der Waals surface area contributed by atoms with Crippen molar-refractivity contribution in [1.82, 2.24) is 14.8 Å². The fourth-order valence-corrected chi connectivity index (χ4v) is 3.89. The molecule has 1 amide bonds. The quantitative estimate of drug-likeness (QED) is 0.787. The minimum atomic E-state index is 0.0179. The number of benzene rings is 1. The molecular formula is C22H29N5O2. The molecule has 1 aromatic heterocycles. The van der Waals surface area contributed by atoms with Gasteiger partial charge in [0, 0.05) is 58.0 Å². The topological polar surface area (TPSA) is 52.2 Å². The highest BCUT2D eigenvalue weighted by molar-refractivity contribution is 5.92. The number of piperazine rings is 2. The van der Waals surface area contributed by atoms with E-state index in [-0.39, 0.29) is 5.91 Å². The Hall–Kier alpha value is -2.80. The summed E-state index contributed by atoms with van der Waals surface area (Å²) in [4.78, 5) is 26.2. The smallest absolute Gasteiger partial charge is 0.272 e. The van der Waals surface area contributed by atoms with Crippen molar-refractivity contribution in [2.45, 2.75) is 0 Å². The SMILES string of the molecule is COc1ccc(N2CCN(C(=O)c3ccc(N4CCN(C)CC4)cn3)CC2)cc1. The predicted octanol–water partition coefficient (Wildman–Crippen LogP) is 1.80. The first-order valence-electron chi connectivity index (χ1n) is 10.2. The van der Waals surface area contributed by atoms with Crippen molar-refractivity contribution in [3.63, 3.8) is 0 Å². The summed E-state index contributed by atoms with van der Waals surface area (Å²) in [5, 5.41) is 0. The van der Waals surface area contributed by atoms with E-state index in [4.69, 9.17) is 4.74 Å². The van der Waals surface area contributed by atoms with Crippen LogP contribution < -0.4 is 14.5 Å². The van der Waals surface area contributed by atoms with Gasteiger partial charge in [-0.15, -0.1) is 0 Å². The van der Waals surface area contributed by atoms with Crippen molar-refractivity contribution in [2.75, 3.05) is 76.3 Å². The summed E-state index contributed by atoms with van der Waals surface area (Å²) < 4.78 is 5.22. The summed E-state index contributed by atoms with van der Waals surface area (Å²) in [5.74, 6) is 0.873. The highest BCUT2D eigenvalue weighted by Crippen LogP contribution is 2.21. The van der Waals surface area contributed by atoms with Crippen LogP contribution in [0.25, 0.3) is 0 Å². The molecule has 154 valence electrons. The van der Waals surface area contributed by atoms with E-state index >= 15 is 0 Å². The second-order valence-electron chi connectivity index (χ2n) is 7.67. The van der Waals surface area contributed by atoms with Crippen LogP contribution in [-0.2, 0) is 0 Å². The number of hydrogen-bond donors (Lipinski definition) is 0. The number of nitrogens with zero attached hydrogens (tertiary/aromatic N) is 5. The number of ether oxygens (including phenoxy) is 1. The fourth-order valence-electron chi connectivity index (χ4n) is 3.89. The van der Waals surface area contributed by atoms with Crippen molar-refractivity contribution in [3.8, 4) is 5.75 Å². The van der Waals surface area contributed by atoms with Gasteiger partial charge in [0.2, 0.25) is 0 Å². The first-order valence-corrected chi connectivity index (χ1v) is 10.2. The zero-order valence-electron chi connectivity index (χ0n) is 17.3. The van der Waals surface area contributed by atoms with E-state index in [1.807, 2.05) is 35.4 Å². The molecule has 2 aliphatic rings. The molecule has 2 saturated heterocycles. The van der Waals surface area contributed by atoms with Gasteiger partial charge in [-0.3, -0.25) is 4.79 Å². The van der Waals surface area contributed by atoms with Crippen molar-refractivity contribution < 1.29 is 9.53 Å². The maximum atomic E-state index is 12.9. The number of methoxy groups -OCH3 is 1. The largest absolute Gasteiger partial charge is 0.497 e. The molecule has 1 aromatic carbocycles. The lowest BCUT2D eigenvalue weighted by Gasteiger charge is -2.36. The Kier molecular flexibility index (Phi) is 5.85. The molecule has 0 bridgehead atoms. The number of carbonyl (C=O) groups is 1.